The fourth-order valence-electron chi connectivity index (χ4n) is 2.68. The van der Waals surface area contributed by atoms with Gasteiger partial charge in [0, 0.05) is 13.1 Å². The van der Waals surface area contributed by atoms with Crippen molar-refractivity contribution in [3.63, 3.8) is 0 Å². The monoisotopic (exact) mass is 339 g/mol. The van der Waals surface area contributed by atoms with Crippen molar-refractivity contribution in [1.82, 2.24) is 4.90 Å². The van der Waals surface area contributed by atoms with Crippen molar-refractivity contribution < 1.29 is 23.1 Å². The molecule has 6 nitrogen and oxygen atoms in total. The van der Waals surface area contributed by atoms with Gasteiger partial charge in [-0.15, -0.1) is 0 Å². The van der Waals surface area contributed by atoms with Crippen LogP contribution in [0, 0.1) is 5.92 Å². The lowest BCUT2D eigenvalue weighted by Crippen LogP contribution is -2.35. The van der Waals surface area contributed by atoms with Crippen LogP contribution in [0.1, 0.15) is 18.4 Å². The molecule has 1 N–H and O–H groups in total. The van der Waals surface area contributed by atoms with E-state index in [0.29, 0.717) is 25.8 Å². The SMILES string of the molecule is O=C(O)[C@@H]1CCN(C(=O)CS(=O)(=O)CCCc2ccccc2)C1. The molecule has 1 aromatic rings. The lowest BCUT2D eigenvalue weighted by atomic mass is 10.1. The topological polar surface area (TPSA) is 91.8 Å². The number of hydrogen-bond donors (Lipinski definition) is 1. The first kappa shape index (κ1) is 17.5. The Bertz CT molecular complexity index is 656. The summed E-state index contributed by atoms with van der Waals surface area (Å²) in [5, 5.41) is 8.91. The minimum absolute atomic E-state index is 0.0379. The maximum Gasteiger partial charge on any atom is 0.308 e. The molecule has 1 aliphatic heterocycles. The van der Waals surface area contributed by atoms with Gasteiger partial charge in [-0.3, -0.25) is 9.59 Å². The van der Waals surface area contributed by atoms with Crippen molar-refractivity contribution in [2.24, 2.45) is 5.92 Å². The molecule has 0 bridgehead atoms. The largest absolute Gasteiger partial charge is 0.481 e. The summed E-state index contributed by atoms with van der Waals surface area (Å²) < 4.78 is 24.1. The lowest BCUT2D eigenvalue weighted by Gasteiger charge is -2.15. The van der Waals surface area contributed by atoms with Crippen LogP contribution in [0.3, 0.4) is 0 Å². The summed E-state index contributed by atoms with van der Waals surface area (Å²) in [6.07, 6.45) is 1.51. The van der Waals surface area contributed by atoms with E-state index in [1.165, 1.54) is 4.90 Å². The number of amides is 1. The van der Waals surface area contributed by atoms with Crippen molar-refractivity contribution in [3.8, 4) is 0 Å². The molecule has 1 aliphatic rings. The van der Waals surface area contributed by atoms with Gasteiger partial charge in [0.05, 0.1) is 11.7 Å². The summed E-state index contributed by atoms with van der Waals surface area (Å²) in [5.41, 5.74) is 1.07. The first-order chi connectivity index (χ1) is 10.9. The molecule has 0 saturated carbocycles. The number of hydrogen-bond acceptors (Lipinski definition) is 4. The van der Waals surface area contributed by atoms with Crippen molar-refractivity contribution in [1.29, 1.82) is 0 Å². The minimum atomic E-state index is -3.46. The highest BCUT2D eigenvalue weighted by Gasteiger charge is 2.32. The van der Waals surface area contributed by atoms with Crippen LogP contribution in [-0.4, -0.2) is 54.9 Å². The van der Waals surface area contributed by atoms with Gasteiger partial charge >= 0.3 is 5.97 Å². The molecule has 1 aromatic carbocycles. The number of carboxylic acids is 1. The van der Waals surface area contributed by atoms with Gasteiger partial charge in [0.25, 0.3) is 0 Å². The normalized spacial score (nSPS) is 18.1. The molecule has 1 heterocycles. The van der Waals surface area contributed by atoms with E-state index in [9.17, 15) is 18.0 Å². The molecule has 1 fully saturated rings. The maximum absolute atomic E-state index is 12.0. The molecule has 7 heteroatoms. The van der Waals surface area contributed by atoms with E-state index in [1.54, 1.807) is 0 Å². The van der Waals surface area contributed by atoms with Crippen molar-refractivity contribution >= 4 is 21.7 Å². The molecule has 1 atom stereocenters. The number of benzene rings is 1. The predicted molar refractivity (Wildman–Crippen MR) is 85.7 cm³/mol. The van der Waals surface area contributed by atoms with Crippen molar-refractivity contribution in [2.45, 2.75) is 19.3 Å². The van der Waals surface area contributed by atoms with Crippen molar-refractivity contribution in [3.05, 3.63) is 35.9 Å². The first-order valence-electron chi connectivity index (χ1n) is 7.62. The second-order valence-electron chi connectivity index (χ2n) is 5.84. The van der Waals surface area contributed by atoms with Gasteiger partial charge in [-0.05, 0) is 24.8 Å². The highest BCUT2D eigenvalue weighted by molar-refractivity contribution is 7.92. The molecular formula is C16H21NO5S. The van der Waals surface area contributed by atoms with Crippen LogP contribution in [-0.2, 0) is 25.8 Å². The number of likely N-dealkylation sites (tertiary alicyclic amines) is 1. The summed E-state index contributed by atoms with van der Waals surface area (Å²) in [6, 6.07) is 9.58. The fourth-order valence-corrected chi connectivity index (χ4v) is 3.97. The van der Waals surface area contributed by atoms with Gasteiger partial charge in [-0.2, -0.15) is 0 Å². The number of carboxylic acid groups (broad SMARTS) is 1. The predicted octanol–water partition coefficient (Wildman–Crippen LogP) is 0.967. The van der Waals surface area contributed by atoms with Crippen LogP contribution in [0.2, 0.25) is 0 Å². The first-order valence-corrected chi connectivity index (χ1v) is 9.44. The van der Waals surface area contributed by atoms with Gasteiger partial charge in [0.1, 0.15) is 5.75 Å². The van der Waals surface area contributed by atoms with E-state index in [1.807, 2.05) is 30.3 Å². The number of rotatable bonds is 7. The quantitative estimate of drug-likeness (QED) is 0.799. The zero-order chi connectivity index (χ0) is 16.9. The van der Waals surface area contributed by atoms with Gasteiger partial charge in [0.15, 0.2) is 9.84 Å². The van der Waals surface area contributed by atoms with E-state index < -0.39 is 33.4 Å². The second kappa shape index (κ2) is 7.59. The Balaban J connectivity index is 1.79. The molecule has 1 amide bonds. The third-order valence-electron chi connectivity index (χ3n) is 4.00. The number of aliphatic carboxylic acids is 1. The maximum atomic E-state index is 12.0. The summed E-state index contributed by atoms with van der Waals surface area (Å²) in [5.74, 6) is -2.59. The van der Waals surface area contributed by atoms with Gasteiger partial charge in [-0.1, -0.05) is 30.3 Å². The fraction of sp³-hybridized carbons (Fsp3) is 0.500. The van der Waals surface area contributed by atoms with Crippen LogP contribution in [0.5, 0.6) is 0 Å². The summed E-state index contributed by atoms with van der Waals surface area (Å²) >= 11 is 0. The van der Waals surface area contributed by atoms with E-state index >= 15 is 0 Å². The zero-order valence-corrected chi connectivity index (χ0v) is 13.7. The Hall–Kier alpha value is -1.89. The van der Waals surface area contributed by atoms with E-state index in [-0.39, 0.29) is 12.3 Å². The highest BCUT2D eigenvalue weighted by atomic mass is 32.2. The average Bonchev–Trinajstić information content (AvgIpc) is 2.98. The third-order valence-corrected chi connectivity index (χ3v) is 5.59. The smallest absolute Gasteiger partial charge is 0.308 e. The standard InChI is InChI=1S/C16H21NO5S/c18-15(17-9-8-14(11-17)16(19)20)12-23(21,22)10-4-7-13-5-2-1-3-6-13/h1-3,5-6,14H,4,7-12H2,(H,19,20)/t14-/m1/s1. The third kappa shape index (κ3) is 5.35. The Morgan fingerprint density at radius 1 is 1.22 bits per heavy atom. The molecule has 1 saturated heterocycles. The van der Waals surface area contributed by atoms with Crippen LogP contribution in [0.4, 0.5) is 0 Å². The molecule has 0 radical (unpaired) electrons. The van der Waals surface area contributed by atoms with E-state index in [2.05, 4.69) is 0 Å². The summed E-state index contributed by atoms with van der Waals surface area (Å²) in [7, 11) is -3.46. The zero-order valence-electron chi connectivity index (χ0n) is 12.8. The lowest BCUT2D eigenvalue weighted by molar-refractivity contribution is -0.141. The number of aryl methyl sites for hydroxylation is 1. The molecular weight excluding hydrogens is 318 g/mol. The number of nitrogens with zero attached hydrogens (tertiary/aromatic N) is 1. The van der Waals surface area contributed by atoms with Gasteiger partial charge < -0.3 is 10.0 Å². The molecule has 23 heavy (non-hydrogen) atoms. The molecule has 2 rings (SSSR count). The Morgan fingerprint density at radius 3 is 2.52 bits per heavy atom. The molecule has 126 valence electrons. The van der Waals surface area contributed by atoms with Crippen LogP contribution < -0.4 is 0 Å². The Kier molecular flexibility index (Phi) is 5.76. The molecule has 0 aromatic heterocycles. The van der Waals surface area contributed by atoms with Crippen LogP contribution >= 0.6 is 0 Å². The Morgan fingerprint density at radius 2 is 1.91 bits per heavy atom. The average molecular weight is 339 g/mol. The second-order valence-corrected chi connectivity index (χ2v) is 8.03. The number of sulfone groups is 1. The number of carbonyl (C=O) groups excluding carboxylic acids is 1. The van der Waals surface area contributed by atoms with Gasteiger partial charge in [-0.25, -0.2) is 8.42 Å². The van der Waals surface area contributed by atoms with Crippen LogP contribution in [0.25, 0.3) is 0 Å². The van der Waals surface area contributed by atoms with Crippen molar-refractivity contribution in [2.75, 3.05) is 24.6 Å². The van der Waals surface area contributed by atoms with E-state index in [4.69, 9.17) is 5.11 Å². The molecule has 0 spiro atoms. The van der Waals surface area contributed by atoms with E-state index in [0.717, 1.165) is 5.56 Å². The highest BCUT2D eigenvalue weighted by Crippen LogP contribution is 2.17. The molecule has 0 unspecified atom stereocenters. The van der Waals surface area contributed by atoms with Crippen LogP contribution in [0.15, 0.2) is 30.3 Å². The molecule has 0 aliphatic carbocycles. The summed E-state index contributed by atoms with van der Waals surface area (Å²) in [6.45, 7) is 0.420. The number of carbonyl (C=O) groups is 2. The Labute approximate surface area is 136 Å². The van der Waals surface area contributed by atoms with Gasteiger partial charge in [0.2, 0.25) is 5.91 Å². The minimum Gasteiger partial charge on any atom is -0.481 e. The summed E-state index contributed by atoms with van der Waals surface area (Å²) in [4.78, 5) is 24.2.